The van der Waals surface area contributed by atoms with E-state index in [0.717, 1.165) is 6.54 Å². The monoisotopic (exact) mass is 280 g/mol. The zero-order chi connectivity index (χ0) is 15.3. The molecule has 0 aliphatic rings. The minimum absolute atomic E-state index is 0.102. The number of benzene rings is 1. The fourth-order valence-electron chi connectivity index (χ4n) is 2.25. The number of carboxylic acid groups (broad SMARTS) is 1. The Morgan fingerprint density at radius 2 is 1.90 bits per heavy atom. The van der Waals surface area contributed by atoms with E-state index >= 15 is 0 Å². The molecular formula is C15H24N2O3. The van der Waals surface area contributed by atoms with Gasteiger partial charge in [-0.05, 0) is 39.8 Å². The average Bonchev–Trinajstić information content (AvgIpc) is 2.34. The molecule has 5 nitrogen and oxygen atoms in total. The number of para-hydroxylation sites is 1. The Kier molecular flexibility index (Phi) is 5.82. The van der Waals surface area contributed by atoms with Gasteiger partial charge in [0.05, 0.1) is 5.69 Å². The van der Waals surface area contributed by atoms with Gasteiger partial charge in [0.15, 0.2) is 5.75 Å². The summed E-state index contributed by atoms with van der Waals surface area (Å²) in [5.41, 5.74) is 6.25. The van der Waals surface area contributed by atoms with E-state index in [-0.39, 0.29) is 11.3 Å². The molecule has 0 saturated heterocycles. The SMILES string of the molecule is CC(C)N(CCOc1c(N)cccc1C(=O)O)C(C)C. The van der Waals surface area contributed by atoms with Gasteiger partial charge in [0, 0.05) is 18.6 Å². The molecule has 1 rings (SSSR count). The number of carbonyl (C=O) groups is 1. The minimum Gasteiger partial charge on any atom is -0.489 e. The van der Waals surface area contributed by atoms with Crippen LogP contribution in [0.3, 0.4) is 0 Å². The van der Waals surface area contributed by atoms with Gasteiger partial charge in [-0.3, -0.25) is 4.90 Å². The van der Waals surface area contributed by atoms with Crippen molar-refractivity contribution < 1.29 is 14.6 Å². The topological polar surface area (TPSA) is 75.8 Å². The van der Waals surface area contributed by atoms with Gasteiger partial charge in [0.25, 0.3) is 0 Å². The molecule has 20 heavy (non-hydrogen) atoms. The van der Waals surface area contributed by atoms with Crippen molar-refractivity contribution in [2.24, 2.45) is 0 Å². The van der Waals surface area contributed by atoms with E-state index in [2.05, 4.69) is 32.6 Å². The third-order valence-corrected chi connectivity index (χ3v) is 3.20. The smallest absolute Gasteiger partial charge is 0.339 e. The second-order valence-electron chi connectivity index (χ2n) is 5.30. The molecule has 0 atom stereocenters. The molecule has 1 aromatic rings. The molecule has 0 fully saturated rings. The maximum Gasteiger partial charge on any atom is 0.339 e. The summed E-state index contributed by atoms with van der Waals surface area (Å²) in [6.45, 7) is 9.63. The predicted octanol–water partition coefficient (Wildman–Crippen LogP) is 2.46. The first-order valence-electron chi connectivity index (χ1n) is 6.85. The molecule has 0 unspecified atom stereocenters. The molecule has 0 radical (unpaired) electrons. The van der Waals surface area contributed by atoms with Crippen LogP contribution in [0.2, 0.25) is 0 Å². The molecule has 0 aliphatic heterocycles. The molecule has 0 bridgehead atoms. The third kappa shape index (κ3) is 4.13. The lowest BCUT2D eigenvalue weighted by molar-refractivity contribution is 0.0690. The van der Waals surface area contributed by atoms with Crippen LogP contribution in [-0.4, -0.2) is 41.2 Å². The van der Waals surface area contributed by atoms with E-state index < -0.39 is 5.97 Å². The van der Waals surface area contributed by atoms with Crippen LogP contribution in [0.4, 0.5) is 5.69 Å². The molecule has 0 heterocycles. The average molecular weight is 280 g/mol. The Balaban J connectivity index is 2.73. The second-order valence-corrected chi connectivity index (χ2v) is 5.30. The zero-order valence-electron chi connectivity index (χ0n) is 12.6. The minimum atomic E-state index is -1.03. The summed E-state index contributed by atoms with van der Waals surface area (Å²) in [6.07, 6.45) is 0. The lowest BCUT2D eigenvalue weighted by Gasteiger charge is -2.30. The Morgan fingerprint density at radius 1 is 1.30 bits per heavy atom. The van der Waals surface area contributed by atoms with Crippen molar-refractivity contribution in [2.45, 2.75) is 39.8 Å². The van der Waals surface area contributed by atoms with Crippen LogP contribution in [0.1, 0.15) is 38.1 Å². The zero-order valence-corrected chi connectivity index (χ0v) is 12.6. The highest BCUT2D eigenvalue weighted by Gasteiger charge is 2.16. The number of anilines is 1. The number of nitrogens with two attached hydrogens (primary N) is 1. The van der Waals surface area contributed by atoms with Crippen LogP contribution in [0.5, 0.6) is 5.75 Å². The molecule has 3 N–H and O–H groups in total. The maximum atomic E-state index is 11.1. The Bertz CT molecular complexity index is 450. The second kappa shape index (κ2) is 7.14. The first kappa shape index (κ1) is 16.3. The van der Waals surface area contributed by atoms with Gasteiger partial charge in [-0.2, -0.15) is 0 Å². The van der Waals surface area contributed by atoms with Gasteiger partial charge in [-0.1, -0.05) is 6.07 Å². The van der Waals surface area contributed by atoms with E-state index in [1.54, 1.807) is 12.1 Å². The molecule has 0 aromatic heterocycles. The number of aromatic carboxylic acids is 1. The van der Waals surface area contributed by atoms with Crippen molar-refractivity contribution in [2.75, 3.05) is 18.9 Å². The summed E-state index contributed by atoms with van der Waals surface area (Å²) in [7, 11) is 0. The lowest BCUT2D eigenvalue weighted by atomic mass is 10.2. The number of nitrogens with zero attached hydrogens (tertiary/aromatic N) is 1. The van der Waals surface area contributed by atoms with E-state index in [9.17, 15) is 4.79 Å². The summed E-state index contributed by atoms with van der Waals surface area (Å²) < 4.78 is 5.61. The number of hydrogen-bond donors (Lipinski definition) is 2. The van der Waals surface area contributed by atoms with Crippen molar-refractivity contribution in [1.29, 1.82) is 0 Å². The fourth-order valence-corrected chi connectivity index (χ4v) is 2.25. The van der Waals surface area contributed by atoms with E-state index in [4.69, 9.17) is 15.6 Å². The first-order valence-corrected chi connectivity index (χ1v) is 6.85. The van der Waals surface area contributed by atoms with Gasteiger partial charge < -0.3 is 15.6 Å². The van der Waals surface area contributed by atoms with Crippen molar-refractivity contribution in [3.8, 4) is 5.75 Å². The van der Waals surface area contributed by atoms with Crippen LogP contribution >= 0.6 is 0 Å². The van der Waals surface area contributed by atoms with Gasteiger partial charge in [-0.15, -0.1) is 0 Å². The lowest BCUT2D eigenvalue weighted by Crippen LogP contribution is -2.39. The number of ether oxygens (including phenoxy) is 1. The molecular weight excluding hydrogens is 256 g/mol. The molecule has 0 amide bonds. The highest BCUT2D eigenvalue weighted by Crippen LogP contribution is 2.26. The fraction of sp³-hybridized carbons (Fsp3) is 0.533. The van der Waals surface area contributed by atoms with Gasteiger partial charge in [0.2, 0.25) is 0 Å². The van der Waals surface area contributed by atoms with Crippen molar-refractivity contribution in [3.63, 3.8) is 0 Å². The van der Waals surface area contributed by atoms with Crippen LogP contribution in [-0.2, 0) is 0 Å². The van der Waals surface area contributed by atoms with Crippen molar-refractivity contribution >= 4 is 11.7 Å². The summed E-state index contributed by atoms with van der Waals surface area (Å²) >= 11 is 0. The predicted molar refractivity (Wildman–Crippen MR) is 80.3 cm³/mol. The van der Waals surface area contributed by atoms with E-state index in [0.29, 0.717) is 24.4 Å². The number of nitrogen functional groups attached to an aromatic ring is 1. The van der Waals surface area contributed by atoms with Crippen molar-refractivity contribution in [1.82, 2.24) is 4.90 Å². The van der Waals surface area contributed by atoms with Gasteiger partial charge >= 0.3 is 5.97 Å². The Labute approximate surface area is 120 Å². The number of carboxylic acids is 1. The highest BCUT2D eigenvalue weighted by atomic mass is 16.5. The van der Waals surface area contributed by atoms with Crippen LogP contribution in [0.15, 0.2) is 18.2 Å². The van der Waals surface area contributed by atoms with Gasteiger partial charge in [0.1, 0.15) is 12.2 Å². The summed E-state index contributed by atoms with van der Waals surface area (Å²) in [5.74, 6) is -0.774. The molecule has 5 heteroatoms. The van der Waals surface area contributed by atoms with Crippen LogP contribution < -0.4 is 10.5 Å². The standard InChI is InChI=1S/C15H24N2O3/c1-10(2)17(11(3)4)8-9-20-14-12(15(18)19)6-5-7-13(14)16/h5-7,10-11H,8-9,16H2,1-4H3,(H,18,19). The van der Waals surface area contributed by atoms with E-state index in [1.807, 2.05) is 0 Å². The molecule has 0 saturated carbocycles. The maximum absolute atomic E-state index is 11.1. The first-order chi connectivity index (χ1) is 9.34. The largest absolute Gasteiger partial charge is 0.489 e. The normalized spacial score (nSPS) is 11.3. The molecule has 0 aliphatic carbocycles. The van der Waals surface area contributed by atoms with Crippen LogP contribution in [0, 0.1) is 0 Å². The Morgan fingerprint density at radius 3 is 2.40 bits per heavy atom. The molecule has 1 aromatic carbocycles. The van der Waals surface area contributed by atoms with E-state index in [1.165, 1.54) is 6.07 Å². The molecule has 112 valence electrons. The van der Waals surface area contributed by atoms with Gasteiger partial charge in [-0.25, -0.2) is 4.79 Å². The number of hydrogen-bond acceptors (Lipinski definition) is 4. The summed E-state index contributed by atoms with van der Waals surface area (Å²) in [4.78, 5) is 13.4. The third-order valence-electron chi connectivity index (χ3n) is 3.20. The molecule has 0 spiro atoms. The van der Waals surface area contributed by atoms with Crippen molar-refractivity contribution in [3.05, 3.63) is 23.8 Å². The Hall–Kier alpha value is -1.75. The summed E-state index contributed by atoms with van der Waals surface area (Å²) in [6, 6.07) is 5.57. The van der Waals surface area contributed by atoms with Crippen LogP contribution in [0.25, 0.3) is 0 Å². The summed E-state index contributed by atoms with van der Waals surface area (Å²) in [5, 5.41) is 9.13. The number of rotatable bonds is 7. The highest BCUT2D eigenvalue weighted by molar-refractivity contribution is 5.93. The quantitative estimate of drug-likeness (QED) is 0.750.